The highest BCUT2D eigenvalue weighted by Crippen LogP contribution is 2.29. The molecule has 0 radical (unpaired) electrons. The highest BCUT2D eigenvalue weighted by Gasteiger charge is 2.21. The quantitative estimate of drug-likeness (QED) is 0.731. The van der Waals surface area contributed by atoms with E-state index < -0.39 is 15.9 Å². The third-order valence-corrected chi connectivity index (χ3v) is 5.02. The molecule has 1 amide bonds. The van der Waals surface area contributed by atoms with Crippen LogP contribution in [-0.4, -0.2) is 27.2 Å². The van der Waals surface area contributed by atoms with Crippen LogP contribution in [0.2, 0.25) is 0 Å². The summed E-state index contributed by atoms with van der Waals surface area (Å²) >= 11 is 0. The Balaban J connectivity index is 1.75. The second-order valence-corrected chi connectivity index (χ2v) is 7.31. The lowest BCUT2D eigenvalue weighted by Gasteiger charge is -2.06. The van der Waals surface area contributed by atoms with E-state index in [9.17, 15) is 13.2 Å². The minimum Gasteiger partial charge on any atom is -0.493 e. The molecular formula is C18H17NO5S. The number of nitrogens with one attached hydrogen (secondary N) is 1. The second kappa shape index (κ2) is 6.98. The van der Waals surface area contributed by atoms with Gasteiger partial charge >= 0.3 is 0 Å². The molecule has 1 heterocycles. The van der Waals surface area contributed by atoms with Gasteiger partial charge in [0.15, 0.2) is 11.3 Å². The van der Waals surface area contributed by atoms with Gasteiger partial charge in [-0.15, -0.1) is 0 Å². The number of aryl methyl sites for hydroxylation is 1. The molecule has 0 atom stereocenters. The van der Waals surface area contributed by atoms with Gasteiger partial charge in [-0.2, -0.15) is 0 Å². The Hall–Kier alpha value is -2.80. The van der Waals surface area contributed by atoms with E-state index in [2.05, 4.69) is 4.72 Å². The number of furan rings is 1. The number of hydrogen-bond donors (Lipinski definition) is 1. The fourth-order valence-electron chi connectivity index (χ4n) is 2.51. The number of methoxy groups -OCH3 is 1. The van der Waals surface area contributed by atoms with E-state index in [1.54, 1.807) is 18.2 Å². The standard InChI is InChI=1S/C18H17NO5S/c1-23-16-9-5-8-14-15(12-24-17(14)16)18(20)19-25(21,22)11-10-13-6-3-2-4-7-13/h2-9,12H,10-11H2,1H3,(H,19,20). The minimum absolute atomic E-state index is 0.150. The molecule has 0 spiro atoms. The van der Waals surface area contributed by atoms with Gasteiger partial charge in [-0.1, -0.05) is 42.5 Å². The Morgan fingerprint density at radius 3 is 2.60 bits per heavy atom. The number of sulfonamides is 1. The summed E-state index contributed by atoms with van der Waals surface area (Å²) in [6.45, 7) is 0. The van der Waals surface area contributed by atoms with Gasteiger partial charge in [-0.05, 0) is 18.1 Å². The van der Waals surface area contributed by atoms with Crippen LogP contribution in [-0.2, 0) is 16.4 Å². The first-order valence-corrected chi connectivity index (χ1v) is 9.28. The van der Waals surface area contributed by atoms with Crippen molar-refractivity contribution in [3.05, 3.63) is 65.9 Å². The Bertz CT molecular complexity index is 993. The predicted octanol–water partition coefficient (Wildman–Crippen LogP) is 2.74. The summed E-state index contributed by atoms with van der Waals surface area (Å²) in [5, 5.41) is 0.495. The van der Waals surface area contributed by atoms with Crippen LogP contribution >= 0.6 is 0 Å². The first-order chi connectivity index (χ1) is 12.0. The Kier molecular flexibility index (Phi) is 4.76. The third kappa shape index (κ3) is 3.83. The first kappa shape index (κ1) is 17.0. The number of rotatable bonds is 6. The molecule has 0 bridgehead atoms. The topological polar surface area (TPSA) is 85.6 Å². The van der Waals surface area contributed by atoms with E-state index in [1.165, 1.54) is 13.4 Å². The molecule has 3 rings (SSSR count). The van der Waals surface area contributed by atoms with Crippen molar-refractivity contribution in [2.24, 2.45) is 0 Å². The maximum atomic E-state index is 12.4. The molecule has 2 aromatic carbocycles. The number of hydrogen-bond acceptors (Lipinski definition) is 5. The van der Waals surface area contributed by atoms with E-state index >= 15 is 0 Å². The zero-order valence-corrected chi connectivity index (χ0v) is 14.4. The van der Waals surface area contributed by atoms with Crippen molar-refractivity contribution in [2.75, 3.05) is 12.9 Å². The van der Waals surface area contributed by atoms with Crippen LogP contribution in [0.25, 0.3) is 11.0 Å². The summed E-state index contributed by atoms with van der Waals surface area (Å²) in [6, 6.07) is 14.3. The Morgan fingerprint density at radius 1 is 1.12 bits per heavy atom. The highest BCUT2D eigenvalue weighted by atomic mass is 32.2. The van der Waals surface area contributed by atoms with E-state index in [0.29, 0.717) is 23.1 Å². The van der Waals surface area contributed by atoms with E-state index in [4.69, 9.17) is 9.15 Å². The molecule has 25 heavy (non-hydrogen) atoms. The summed E-state index contributed by atoms with van der Waals surface area (Å²) < 4.78 is 37.0. The Labute approximate surface area is 145 Å². The van der Waals surface area contributed by atoms with Gasteiger partial charge in [0.05, 0.1) is 18.4 Å². The van der Waals surface area contributed by atoms with Crippen LogP contribution < -0.4 is 9.46 Å². The summed E-state index contributed by atoms with van der Waals surface area (Å²) in [5.74, 6) is -0.425. The van der Waals surface area contributed by atoms with Gasteiger partial charge < -0.3 is 9.15 Å². The average molecular weight is 359 g/mol. The lowest BCUT2D eigenvalue weighted by Crippen LogP contribution is -2.33. The number of para-hydroxylation sites is 1. The average Bonchev–Trinajstić information content (AvgIpc) is 3.05. The summed E-state index contributed by atoms with van der Waals surface area (Å²) in [5.41, 5.74) is 1.44. The van der Waals surface area contributed by atoms with E-state index in [0.717, 1.165) is 5.56 Å². The molecule has 7 heteroatoms. The van der Waals surface area contributed by atoms with Crippen molar-refractivity contribution in [2.45, 2.75) is 6.42 Å². The Morgan fingerprint density at radius 2 is 1.88 bits per heavy atom. The minimum atomic E-state index is -3.76. The van der Waals surface area contributed by atoms with Crippen LogP contribution in [0.1, 0.15) is 15.9 Å². The normalized spacial score (nSPS) is 11.4. The molecule has 0 saturated carbocycles. The van der Waals surface area contributed by atoms with Gasteiger partial charge in [0.1, 0.15) is 6.26 Å². The molecule has 6 nitrogen and oxygen atoms in total. The third-order valence-electron chi connectivity index (χ3n) is 3.78. The molecule has 1 aromatic heterocycles. The summed E-state index contributed by atoms with van der Waals surface area (Å²) in [4.78, 5) is 12.4. The number of benzene rings is 2. The zero-order valence-electron chi connectivity index (χ0n) is 13.6. The smallest absolute Gasteiger partial charge is 0.268 e. The van der Waals surface area contributed by atoms with Crippen LogP contribution in [0.5, 0.6) is 5.75 Å². The molecule has 0 saturated heterocycles. The SMILES string of the molecule is COc1cccc2c(C(=O)NS(=O)(=O)CCc3ccccc3)coc12. The van der Waals surface area contributed by atoms with Crippen molar-refractivity contribution in [3.8, 4) is 5.75 Å². The van der Waals surface area contributed by atoms with Gasteiger partial charge in [0, 0.05) is 5.39 Å². The molecule has 0 aliphatic carbocycles. The number of fused-ring (bicyclic) bond motifs is 1. The van der Waals surface area contributed by atoms with Crippen molar-refractivity contribution < 1.29 is 22.4 Å². The lowest BCUT2D eigenvalue weighted by molar-refractivity contribution is 0.0982. The van der Waals surface area contributed by atoms with E-state index in [1.807, 2.05) is 30.3 Å². The number of carbonyl (C=O) groups is 1. The predicted molar refractivity (Wildman–Crippen MR) is 94.2 cm³/mol. The monoisotopic (exact) mass is 359 g/mol. The highest BCUT2D eigenvalue weighted by molar-refractivity contribution is 7.90. The van der Waals surface area contributed by atoms with Gasteiger partial charge in [0.2, 0.25) is 10.0 Å². The van der Waals surface area contributed by atoms with E-state index in [-0.39, 0.29) is 11.3 Å². The maximum Gasteiger partial charge on any atom is 0.268 e. The molecule has 0 aliphatic rings. The zero-order chi connectivity index (χ0) is 17.9. The number of amides is 1. The fourth-order valence-corrected chi connectivity index (χ4v) is 3.51. The van der Waals surface area contributed by atoms with Gasteiger partial charge in [-0.25, -0.2) is 13.1 Å². The number of ether oxygens (including phenoxy) is 1. The maximum absolute atomic E-state index is 12.4. The van der Waals surface area contributed by atoms with Crippen LogP contribution in [0.15, 0.2) is 59.2 Å². The van der Waals surface area contributed by atoms with Crippen molar-refractivity contribution in [3.63, 3.8) is 0 Å². The largest absolute Gasteiger partial charge is 0.493 e. The molecule has 130 valence electrons. The first-order valence-electron chi connectivity index (χ1n) is 7.63. The molecular weight excluding hydrogens is 342 g/mol. The van der Waals surface area contributed by atoms with Crippen molar-refractivity contribution in [1.29, 1.82) is 0 Å². The van der Waals surface area contributed by atoms with Crippen molar-refractivity contribution in [1.82, 2.24) is 4.72 Å². The molecule has 3 aromatic rings. The van der Waals surface area contributed by atoms with Crippen LogP contribution in [0.4, 0.5) is 0 Å². The molecule has 1 N–H and O–H groups in total. The van der Waals surface area contributed by atoms with Crippen LogP contribution in [0.3, 0.4) is 0 Å². The summed E-state index contributed by atoms with van der Waals surface area (Å²) in [6.07, 6.45) is 1.55. The number of carbonyl (C=O) groups excluding carboxylic acids is 1. The molecule has 0 aliphatic heterocycles. The lowest BCUT2D eigenvalue weighted by atomic mass is 10.1. The molecule has 0 fully saturated rings. The van der Waals surface area contributed by atoms with Crippen LogP contribution in [0, 0.1) is 0 Å². The van der Waals surface area contributed by atoms with Gasteiger partial charge in [0.25, 0.3) is 5.91 Å². The van der Waals surface area contributed by atoms with Gasteiger partial charge in [-0.3, -0.25) is 4.79 Å². The molecule has 0 unspecified atom stereocenters. The summed E-state index contributed by atoms with van der Waals surface area (Å²) in [7, 11) is -2.27. The second-order valence-electron chi connectivity index (χ2n) is 5.47. The van der Waals surface area contributed by atoms with Crippen molar-refractivity contribution >= 4 is 26.9 Å². The fraction of sp³-hybridized carbons (Fsp3) is 0.167.